The minimum Gasteiger partial charge on any atom is -0.381 e. The van der Waals surface area contributed by atoms with Gasteiger partial charge in [0.2, 0.25) is 0 Å². The van der Waals surface area contributed by atoms with Crippen LogP contribution in [0.4, 0.5) is 5.69 Å². The Kier molecular flexibility index (Phi) is 4.57. The molecule has 0 saturated carbocycles. The van der Waals surface area contributed by atoms with Crippen molar-refractivity contribution in [2.24, 2.45) is 0 Å². The standard InChI is InChI=1S/C16H17N3S2/c1-20-16-13(10-17)15(18-11-6-8-21-9-7-11)12-4-2-3-5-14(12)19-16/h2-5,11H,6-9H2,1H3,(H,18,19). The van der Waals surface area contributed by atoms with Crippen molar-refractivity contribution in [1.82, 2.24) is 4.98 Å². The van der Waals surface area contributed by atoms with Gasteiger partial charge in [0.1, 0.15) is 16.7 Å². The number of hydrogen-bond acceptors (Lipinski definition) is 5. The quantitative estimate of drug-likeness (QED) is 0.863. The molecule has 1 aliphatic heterocycles. The number of nitrogens with zero attached hydrogens (tertiary/aromatic N) is 2. The monoisotopic (exact) mass is 315 g/mol. The summed E-state index contributed by atoms with van der Waals surface area (Å²) in [6.07, 6.45) is 4.28. The number of anilines is 1. The Balaban J connectivity index is 2.10. The molecule has 0 spiro atoms. The van der Waals surface area contributed by atoms with Crippen LogP contribution >= 0.6 is 23.5 Å². The number of aromatic nitrogens is 1. The predicted molar refractivity (Wildman–Crippen MR) is 92.2 cm³/mol. The van der Waals surface area contributed by atoms with Crippen molar-refractivity contribution in [3.63, 3.8) is 0 Å². The molecule has 3 nitrogen and oxygen atoms in total. The number of benzene rings is 1. The maximum atomic E-state index is 9.57. The molecule has 0 aliphatic carbocycles. The van der Waals surface area contributed by atoms with Crippen molar-refractivity contribution in [1.29, 1.82) is 5.26 Å². The van der Waals surface area contributed by atoms with Crippen molar-refractivity contribution >= 4 is 40.1 Å². The van der Waals surface area contributed by atoms with Crippen molar-refractivity contribution < 1.29 is 0 Å². The molecular weight excluding hydrogens is 298 g/mol. The van der Waals surface area contributed by atoms with Crippen LogP contribution in [0.25, 0.3) is 10.9 Å². The average Bonchev–Trinajstić information content (AvgIpc) is 2.55. The molecule has 1 aliphatic rings. The van der Waals surface area contributed by atoms with Gasteiger partial charge in [0.15, 0.2) is 0 Å². The average molecular weight is 315 g/mol. The summed E-state index contributed by atoms with van der Waals surface area (Å²) < 4.78 is 0. The smallest absolute Gasteiger partial charge is 0.116 e. The number of nitriles is 1. The molecule has 0 amide bonds. The highest BCUT2D eigenvalue weighted by atomic mass is 32.2. The molecule has 0 atom stereocenters. The minimum absolute atomic E-state index is 0.457. The van der Waals surface area contributed by atoms with Gasteiger partial charge in [-0.15, -0.1) is 11.8 Å². The van der Waals surface area contributed by atoms with E-state index in [4.69, 9.17) is 0 Å². The largest absolute Gasteiger partial charge is 0.381 e. The minimum atomic E-state index is 0.457. The van der Waals surface area contributed by atoms with Gasteiger partial charge in [-0.2, -0.15) is 17.0 Å². The molecule has 1 aromatic carbocycles. The first-order valence-electron chi connectivity index (χ1n) is 7.04. The molecule has 2 heterocycles. The molecule has 108 valence electrons. The van der Waals surface area contributed by atoms with Crippen LogP contribution < -0.4 is 5.32 Å². The highest BCUT2D eigenvalue weighted by Crippen LogP contribution is 2.33. The number of para-hydroxylation sites is 1. The molecular formula is C16H17N3S2. The van der Waals surface area contributed by atoms with Crippen molar-refractivity contribution in [3.05, 3.63) is 29.8 Å². The zero-order chi connectivity index (χ0) is 14.7. The molecule has 2 aromatic rings. The van der Waals surface area contributed by atoms with Crippen LogP contribution in [0.15, 0.2) is 29.3 Å². The van der Waals surface area contributed by atoms with E-state index in [1.807, 2.05) is 42.3 Å². The molecule has 1 N–H and O–H groups in total. The molecule has 5 heteroatoms. The van der Waals surface area contributed by atoms with E-state index >= 15 is 0 Å². The Hall–Kier alpha value is -1.38. The normalized spacial score (nSPS) is 15.8. The van der Waals surface area contributed by atoms with E-state index in [1.165, 1.54) is 23.3 Å². The number of rotatable bonds is 3. The molecule has 1 fully saturated rings. The fourth-order valence-corrected chi connectivity index (χ4v) is 4.28. The summed E-state index contributed by atoms with van der Waals surface area (Å²) in [5.41, 5.74) is 2.59. The predicted octanol–water partition coefficient (Wildman–Crippen LogP) is 4.14. The lowest BCUT2D eigenvalue weighted by Crippen LogP contribution is -2.25. The first-order valence-corrected chi connectivity index (χ1v) is 9.42. The van der Waals surface area contributed by atoms with E-state index in [2.05, 4.69) is 16.4 Å². The van der Waals surface area contributed by atoms with Gasteiger partial charge in [0.05, 0.1) is 11.2 Å². The number of nitrogens with one attached hydrogen (secondary N) is 1. The third kappa shape index (κ3) is 2.97. The van der Waals surface area contributed by atoms with Gasteiger partial charge in [-0.25, -0.2) is 4.98 Å². The summed E-state index contributed by atoms with van der Waals surface area (Å²) in [6.45, 7) is 0. The number of fused-ring (bicyclic) bond motifs is 1. The molecule has 0 radical (unpaired) electrons. The highest BCUT2D eigenvalue weighted by Gasteiger charge is 2.19. The van der Waals surface area contributed by atoms with Gasteiger partial charge in [0, 0.05) is 11.4 Å². The SMILES string of the molecule is CSc1nc2ccccc2c(NC2CCSCC2)c1C#N. The third-order valence-corrected chi connectivity index (χ3v) is 5.47. The Morgan fingerprint density at radius 1 is 1.33 bits per heavy atom. The fourth-order valence-electron chi connectivity index (χ4n) is 2.64. The zero-order valence-electron chi connectivity index (χ0n) is 11.9. The van der Waals surface area contributed by atoms with Crippen LogP contribution in [0, 0.1) is 11.3 Å². The Bertz CT molecular complexity index is 688. The lowest BCUT2D eigenvalue weighted by atomic mass is 10.1. The van der Waals surface area contributed by atoms with Crippen LogP contribution in [-0.4, -0.2) is 28.8 Å². The lowest BCUT2D eigenvalue weighted by Gasteiger charge is -2.25. The highest BCUT2D eigenvalue weighted by molar-refractivity contribution is 7.99. The second kappa shape index (κ2) is 6.59. The lowest BCUT2D eigenvalue weighted by molar-refractivity contribution is 0.667. The summed E-state index contributed by atoms with van der Waals surface area (Å²) in [5.74, 6) is 2.38. The van der Waals surface area contributed by atoms with Gasteiger partial charge in [-0.3, -0.25) is 0 Å². The first kappa shape index (κ1) is 14.6. The van der Waals surface area contributed by atoms with E-state index in [0.29, 0.717) is 11.6 Å². The van der Waals surface area contributed by atoms with E-state index in [9.17, 15) is 5.26 Å². The summed E-state index contributed by atoms with van der Waals surface area (Å²) in [5, 5.41) is 15.1. The van der Waals surface area contributed by atoms with Crippen LogP contribution in [0.5, 0.6) is 0 Å². The van der Waals surface area contributed by atoms with Crippen molar-refractivity contribution in [2.75, 3.05) is 23.1 Å². The van der Waals surface area contributed by atoms with Crippen LogP contribution in [0.3, 0.4) is 0 Å². The Morgan fingerprint density at radius 3 is 2.81 bits per heavy atom. The Morgan fingerprint density at radius 2 is 2.10 bits per heavy atom. The third-order valence-electron chi connectivity index (χ3n) is 3.73. The molecule has 1 saturated heterocycles. The van der Waals surface area contributed by atoms with E-state index < -0.39 is 0 Å². The maximum absolute atomic E-state index is 9.57. The molecule has 3 rings (SSSR count). The van der Waals surface area contributed by atoms with Crippen LogP contribution in [-0.2, 0) is 0 Å². The number of hydrogen-bond donors (Lipinski definition) is 1. The molecule has 0 bridgehead atoms. The zero-order valence-corrected chi connectivity index (χ0v) is 13.6. The summed E-state index contributed by atoms with van der Waals surface area (Å²) in [4.78, 5) is 4.61. The summed E-state index contributed by atoms with van der Waals surface area (Å²) >= 11 is 3.54. The van der Waals surface area contributed by atoms with E-state index in [0.717, 1.165) is 34.5 Å². The topological polar surface area (TPSA) is 48.7 Å². The van der Waals surface area contributed by atoms with Gasteiger partial charge in [0.25, 0.3) is 0 Å². The number of pyridine rings is 1. The van der Waals surface area contributed by atoms with Gasteiger partial charge < -0.3 is 5.32 Å². The molecule has 21 heavy (non-hydrogen) atoms. The Labute approximate surface area is 133 Å². The van der Waals surface area contributed by atoms with Gasteiger partial charge in [-0.1, -0.05) is 18.2 Å². The number of thioether (sulfide) groups is 2. The fraction of sp³-hybridized carbons (Fsp3) is 0.375. The summed E-state index contributed by atoms with van der Waals surface area (Å²) in [7, 11) is 0. The first-order chi connectivity index (χ1) is 10.3. The van der Waals surface area contributed by atoms with E-state index in [1.54, 1.807) is 0 Å². The van der Waals surface area contributed by atoms with Gasteiger partial charge >= 0.3 is 0 Å². The van der Waals surface area contributed by atoms with Crippen LogP contribution in [0.2, 0.25) is 0 Å². The molecule has 0 unspecified atom stereocenters. The van der Waals surface area contributed by atoms with Crippen molar-refractivity contribution in [2.45, 2.75) is 23.9 Å². The van der Waals surface area contributed by atoms with Crippen molar-refractivity contribution in [3.8, 4) is 6.07 Å². The second-order valence-corrected chi connectivity index (χ2v) is 7.05. The van der Waals surface area contributed by atoms with Crippen LogP contribution in [0.1, 0.15) is 18.4 Å². The van der Waals surface area contributed by atoms with Gasteiger partial charge in [-0.05, 0) is 36.7 Å². The van der Waals surface area contributed by atoms with E-state index in [-0.39, 0.29) is 0 Å². The summed E-state index contributed by atoms with van der Waals surface area (Å²) in [6, 6.07) is 10.9. The maximum Gasteiger partial charge on any atom is 0.116 e. The molecule has 1 aromatic heterocycles. The second-order valence-electron chi connectivity index (χ2n) is 5.03.